The molecule has 0 aliphatic carbocycles. The molecule has 0 amide bonds. The fraction of sp³-hybridized carbons (Fsp3) is 0.0667. The summed E-state index contributed by atoms with van der Waals surface area (Å²) in [6.07, 6.45) is 5.45. The molecule has 6 aromatic carbocycles. The molecule has 252 valence electrons. The molecule has 4 aromatic heterocycles. The van der Waals surface area contributed by atoms with Crippen molar-refractivity contribution in [1.82, 2.24) is 19.6 Å². The molecule has 0 saturated carbocycles. The molecule has 6 nitrogen and oxygen atoms in total. The molecule has 0 atom stereocenters. The van der Waals surface area contributed by atoms with Crippen LogP contribution in [-0.4, -0.2) is 19.6 Å². The Labute approximate surface area is 314 Å². The van der Waals surface area contributed by atoms with Crippen molar-refractivity contribution in [2.24, 2.45) is 0 Å². The number of rotatable bonds is 8. The van der Waals surface area contributed by atoms with E-state index < -0.39 is 5.41 Å². The largest absolute Gasteiger partial charge is 2.00 e. The van der Waals surface area contributed by atoms with Crippen LogP contribution in [-0.2, 0) is 39.3 Å². The van der Waals surface area contributed by atoms with Gasteiger partial charge in [-0.15, -0.1) is 24.3 Å². The molecule has 10 rings (SSSR count). The second kappa shape index (κ2) is 13.0. The standard InChI is InChI=1S/C45H30N4O2.Pt/c1-3-11-31(12-4-1)29-45(30-32-13-5-2-6-14-32,43-23-25-48(46-43)33-19-21-41-37(27-33)35-15-7-9-17-39(35)50-41)44-24-26-49(47-44)34-20-22-42-38(28-34)36-16-8-10-18-40(36)51-42;/h1-18,21-28H,29-30H2;/q-2;+2. The van der Waals surface area contributed by atoms with E-state index in [9.17, 15) is 0 Å². The molecular weight excluding hydrogens is 824 g/mol. The third-order valence-electron chi connectivity index (χ3n) is 9.94. The smallest absolute Gasteiger partial charge is 0.516 e. The zero-order chi connectivity index (χ0) is 33.8. The summed E-state index contributed by atoms with van der Waals surface area (Å²) in [6.45, 7) is 0. The Morgan fingerprint density at radius 2 is 0.904 bits per heavy atom. The zero-order valence-electron chi connectivity index (χ0n) is 27.8. The molecule has 0 aliphatic heterocycles. The van der Waals surface area contributed by atoms with Gasteiger partial charge in [-0.1, -0.05) is 108 Å². The first-order chi connectivity index (χ1) is 25.2. The number of fused-ring (bicyclic) bond motifs is 6. The Morgan fingerprint density at radius 1 is 0.481 bits per heavy atom. The number of benzene rings is 6. The Kier molecular flexibility index (Phi) is 7.98. The van der Waals surface area contributed by atoms with Crippen LogP contribution in [0.5, 0.6) is 0 Å². The van der Waals surface area contributed by atoms with Crippen LogP contribution in [0.2, 0.25) is 0 Å². The summed E-state index contributed by atoms with van der Waals surface area (Å²) in [5, 5.41) is 14.9. The summed E-state index contributed by atoms with van der Waals surface area (Å²) >= 11 is 0. The first-order valence-electron chi connectivity index (χ1n) is 17.1. The average molecular weight is 854 g/mol. The molecule has 0 aliphatic rings. The Bertz CT molecular complexity index is 2630. The van der Waals surface area contributed by atoms with Gasteiger partial charge in [0.1, 0.15) is 11.2 Å². The number of furan rings is 2. The van der Waals surface area contributed by atoms with Gasteiger partial charge in [-0.25, -0.2) is 0 Å². The summed E-state index contributed by atoms with van der Waals surface area (Å²) in [7, 11) is 0. The minimum atomic E-state index is -0.613. The van der Waals surface area contributed by atoms with Gasteiger partial charge in [0, 0.05) is 34.3 Å². The summed E-state index contributed by atoms with van der Waals surface area (Å²) in [4.78, 5) is 0. The van der Waals surface area contributed by atoms with Crippen molar-refractivity contribution in [3.05, 3.63) is 193 Å². The summed E-state index contributed by atoms with van der Waals surface area (Å²) in [6, 6.07) is 56.6. The minimum Gasteiger partial charge on any atom is -0.516 e. The predicted octanol–water partition coefficient (Wildman–Crippen LogP) is 10.2. The third kappa shape index (κ3) is 5.47. The van der Waals surface area contributed by atoms with E-state index >= 15 is 0 Å². The number of hydrogen-bond donors (Lipinski definition) is 0. The Balaban J connectivity index is 0.00000360. The van der Waals surface area contributed by atoms with Crippen LogP contribution in [0.25, 0.3) is 55.3 Å². The van der Waals surface area contributed by atoms with Crippen molar-refractivity contribution in [1.29, 1.82) is 0 Å². The predicted molar refractivity (Wildman–Crippen MR) is 200 cm³/mol. The fourth-order valence-electron chi connectivity index (χ4n) is 7.45. The molecular formula is C45H30N4O2Pt. The van der Waals surface area contributed by atoms with Gasteiger partial charge in [-0.3, -0.25) is 9.36 Å². The van der Waals surface area contributed by atoms with Crippen LogP contribution in [0.4, 0.5) is 0 Å². The first-order valence-corrected chi connectivity index (χ1v) is 17.1. The maximum Gasteiger partial charge on any atom is 2.00 e. The molecule has 0 bridgehead atoms. The van der Waals surface area contributed by atoms with Crippen molar-refractivity contribution in [3.8, 4) is 11.4 Å². The van der Waals surface area contributed by atoms with E-state index in [0.717, 1.165) is 66.6 Å². The second-order valence-electron chi connectivity index (χ2n) is 13.1. The zero-order valence-corrected chi connectivity index (χ0v) is 30.1. The minimum absolute atomic E-state index is 0. The van der Waals surface area contributed by atoms with Crippen LogP contribution in [0.3, 0.4) is 0 Å². The van der Waals surface area contributed by atoms with E-state index in [1.165, 1.54) is 11.1 Å². The van der Waals surface area contributed by atoms with Crippen LogP contribution >= 0.6 is 0 Å². The van der Waals surface area contributed by atoms with Gasteiger partial charge in [0.25, 0.3) is 0 Å². The molecule has 0 N–H and O–H groups in total. The van der Waals surface area contributed by atoms with Crippen molar-refractivity contribution >= 4 is 43.9 Å². The Morgan fingerprint density at radius 3 is 1.37 bits per heavy atom. The molecule has 10 aromatic rings. The van der Waals surface area contributed by atoms with E-state index in [4.69, 9.17) is 19.0 Å². The average Bonchev–Trinajstić information content (AvgIpc) is 4.00. The van der Waals surface area contributed by atoms with Gasteiger partial charge in [-0.05, 0) is 59.6 Å². The molecule has 4 heterocycles. The van der Waals surface area contributed by atoms with Crippen LogP contribution in [0, 0.1) is 12.1 Å². The van der Waals surface area contributed by atoms with Crippen molar-refractivity contribution < 1.29 is 29.9 Å². The monoisotopic (exact) mass is 853 g/mol. The molecule has 0 fully saturated rings. The number of aromatic nitrogens is 4. The van der Waals surface area contributed by atoms with Crippen LogP contribution < -0.4 is 0 Å². The molecule has 0 unspecified atom stereocenters. The maximum absolute atomic E-state index is 6.09. The number of para-hydroxylation sites is 2. The fourth-order valence-corrected chi connectivity index (χ4v) is 7.45. The van der Waals surface area contributed by atoms with Gasteiger partial charge < -0.3 is 8.83 Å². The summed E-state index contributed by atoms with van der Waals surface area (Å²) in [5.41, 5.74) is 8.65. The van der Waals surface area contributed by atoms with Gasteiger partial charge in [0.15, 0.2) is 0 Å². The van der Waals surface area contributed by atoms with Gasteiger partial charge >= 0.3 is 21.1 Å². The molecule has 0 saturated heterocycles. The van der Waals surface area contributed by atoms with E-state index in [-0.39, 0.29) is 21.1 Å². The first kappa shape index (κ1) is 32.0. The van der Waals surface area contributed by atoms with E-state index in [0.29, 0.717) is 12.8 Å². The van der Waals surface area contributed by atoms with E-state index in [2.05, 4.69) is 109 Å². The van der Waals surface area contributed by atoms with Gasteiger partial charge in [0.05, 0.1) is 16.8 Å². The topological polar surface area (TPSA) is 61.9 Å². The quantitative estimate of drug-likeness (QED) is 0.143. The van der Waals surface area contributed by atoms with E-state index in [1.54, 1.807) is 0 Å². The van der Waals surface area contributed by atoms with Crippen LogP contribution in [0.15, 0.2) is 167 Å². The molecule has 0 spiro atoms. The van der Waals surface area contributed by atoms with Gasteiger partial charge in [0.2, 0.25) is 0 Å². The molecule has 0 radical (unpaired) electrons. The SMILES string of the molecule is [Pt+2].[c-]1cc2oc3ccccc3c2cc1-n1ccc(C(Cc2ccccc2)(Cc2ccccc2)c2ccn(-c3[c-]cc4oc5ccccc5c4c3)n2)n1. The van der Waals surface area contributed by atoms with E-state index in [1.807, 2.05) is 70.3 Å². The van der Waals surface area contributed by atoms with Crippen LogP contribution in [0.1, 0.15) is 22.5 Å². The summed E-state index contributed by atoms with van der Waals surface area (Å²) in [5.74, 6) is 0. The normalized spacial score (nSPS) is 11.8. The molecule has 52 heavy (non-hydrogen) atoms. The van der Waals surface area contributed by atoms with Crippen molar-refractivity contribution in [3.63, 3.8) is 0 Å². The Hall–Kier alpha value is -5.97. The number of nitrogens with zero attached hydrogens (tertiary/aromatic N) is 4. The summed E-state index contributed by atoms with van der Waals surface area (Å²) < 4.78 is 16.0. The third-order valence-corrected chi connectivity index (χ3v) is 9.94. The van der Waals surface area contributed by atoms with Crippen molar-refractivity contribution in [2.45, 2.75) is 18.3 Å². The maximum atomic E-state index is 6.09. The number of hydrogen-bond acceptors (Lipinski definition) is 4. The second-order valence-corrected chi connectivity index (χ2v) is 13.1. The van der Waals surface area contributed by atoms with Crippen molar-refractivity contribution in [2.75, 3.05) is 0 Å². The molecule has 7 heteroatoms. The van der Waals surface area contributed by atoms with Gasteiger partial charge in [-0.2, -0.15) is 22.3 Å².